The van der Waals surface area contributed by atoms with Gasteiger partial charge in [-0.1, -0.05) is 34.8 Å². The molecule has 1 rings (SSSR count). The molecule has 0 aliphatic carbocycles. The van der Waals surface area contributed by atoms with Gasteiger partial charge < -0.3 is 10.6 Å². The molecule has 0 fully saturated rings. The van der Waals surface area contributed by atoms with E-state index in [4.69, 9.17) is 34.8 Å². The largest absolute Gasteiger partial charge is 0.324 e. The van der Waals surface area contributed by atoms with Crippen molar-refractivity contribution in [2.24, 2.45) is 0 Å². The van der Waals surface area contributed by atoms with Crippen LogP contribution in [0.1, 0.15) is 6.42 Å². The number of nitrogens with zero attached hydrogens (tertiary/aromatic N) is 1. The molecule has 0 aliphatic heterocycles. The summed E-state index contributed by atoms with van der Waals surface area (Å²) in [6.07, 6.45) is 0.980. The van der Waals surface area contributed by atoms with Crippen LogP contribution in [0.3, 0.4) is 0 Å². The molecule has 0 spiro atoms. The fourth-order valence-corrected chi connectivity index (χ4v) is 2.25. The zero-order valence-corrected chi connectivity index (χ0v) is 13.7. The topological polar surface area (TPSA) is 44.4 Å². The van der Waals surface area contributed by atoms with Crippen molar-refractivity contribution < 1.29 is 4.79 Å². The number of anilines is 1. The van der Waals surface area contributed by atoms with Gasteiger partial charge in [0.15, 0.2) is 0 Å². The van der Waals surface area contributed by atoms with Crippen LogP contribution in [0.5, 0.6) is 0 Å². The third-order valence-corrected chi connectivity index (χ3v) is 3.70. The van der Waals surface area contributed by atoms with Crippen LogP contribution in [0, 0.1) is 0 Å². The summed E-state index contributed by atoms with van der Waals surface area (Å²) in [5.74, 6) is -0.141. The standard InChI is InChI=1S/C13H18Cl3N3O/c1-17-4-3-5-19(2)8-13(20)18-12-7-10(15)9(14)6-11(12)16/h6-7,17H,3-5,8H2,1-2H3,(H,18,20). The third-order valence-electron chi connectivity index (χ3n) is 2.66. The molecule has 0 heterocycles. The lowest BCUT2D eigenvalue weighted by atomic mass is 10.3. The second-order valence-corrected chi connectivity index (χ2v) is 5.71. The number of hydrogen-bond acceptors (Lipinski definition) is 3. The highest BCUT2D eigenvalue weighted by atomic mass is 35.5. The van der Waals surface area contributed by atoms with E-state index in [9.17, 15) is 4.79 Å². The third kappa shape index (κ3) is 5.85. The fraction of sp³-hybridized carbons (Fsp3) is 0.462. The molecule has 0 radical (unpaired) electrons. The van der Waals surface area contributed by atoms with Gasteiger partial charge in [-0.15, -0.1) is 0 Å². The molecule has 4 nitrogen and oxygen atoms in total. The van der Waals surface area contributed by atoms with Crippen LogP contribution in [0.15, 0.2) is 12.1 Å². The normalized spacial score (nSPS) is 10.9. The summed E-state index contributed by atoms with van der Waals surface area (Å²) in [4.78, 5) is 13.8. The number of likely N-dealkylation sites (N-methyl/N-ethyl adjacent to an activating group) is 1. The van der Waals surface area contributed by atoms with Gasteiger partial charge in [-0.25, -0.2) is 0 Å². The zero-order valence-electron chi connectivity index (χ0n) is 11.5. The summed E-state index contributed by atoms with van der Waals surface area (Å²) in [7, 11) is 3.80. The van der Waals surface area contributed by atoms with Crippen LogP contribution in [0.25, 0.3) is 0 Å². The molecular weight excluding hydrogens is 321 g/mol. The molecule has 0 saturated heterocycles. The Morgan fingerprint density at radius 3 is 2.50 bits per heavy atom. The van der Waals surface area contributed by atoms with Gasteiger partial charge in [0.05, 0.1) is 27.3 Å². The van der Waals surface area contributed by atoms with Crippen molar-refractivity contribution in [2.75, 3.05) is 39.0 Å². The molecule has 0 atom stereocenters. The van der Waals surface area contributed by atoms with Crippen molar-refractivity contribution in [3.63, 3.8) is 0 Å². The fourth-order valence-electron chi connectivity index (χ4n) is 1.66. The van der Waals surface area contributed by atoms with E-state index in [1.165, 1.54) is 6.07 Å². The predicted octanol–water partition coefficient (Wildman–Crippen LogP) is 3.13. The number of nitrogens with one attached hydrogen (secondary N) is 2. The molecule has 0 aliphatic rings. The second-order valence-electron chi connectivity index (χ2n) is 4.49. The molecule has 112 valence electrons. The quantitative estimate of drug-likeness (QED) is 0.593. The van der Waals surface area contributed by atoms with Crippen LogP contribution >= 0.6 is 34.8 Å². The van der Waals surface area contributed by atoms with E-state index in [0.29, 0.717) is 27.3 Å². The second kappa shape index (κ2) is 8.70. The highest BCUT2D eigenvalue weighted by Gasteiger charge is 2.11. The summed E-state index contributed by atoms with van der Waals surface area (Å²) in [6, 6.07) is 3.06. The summed E-state index contributed by atoms with van der Waals surface area (Å²) >= 11 is 17.7. The highest BCUT2D eigenvalue weighted by Crippen LogP contribution is 2.32. The number of halogens is 3. The van der Waals surface area contributed by atoms with Crippen molar-refractivity contribution in [2.45, 2.75) is 6.42 Å². The molecule has 1 amide bonds. The Bertz CT molecular complexity index is 468. The number of carbonyl (C=O) groups excluding carboxylic acids is 1. The maximum absolute atomic E-state index is 11.9. The van der Waals surface area contributed by atoms with Gasteiger partial charge in [0.25, 0.3) is 0 Å². The first-order chi connectivity index (χ1) is 9.43. The maximum Gasteiger partial charge on any atom is 0.238 e. The number of carbonyl (C=O) groups is 1. The zero-order chi connectivity index (χ0) is 15.1. The minimum absolute atomic E-state index is 0.141. The van der Waals surface area contributed by atoms with Crippen LogP contribution in [0.2, 0.25) is 15.1 Å². The molecular formula is C13H18Cl3N3O. The van der Waals surface area contributed by atoms with Gasteiger partial charge in [-0.2, -0.15) is 0 Å². The van der Waals surface area contributed by atoms with Gasteiger partial charge in [-0.3, -0.25) is 9.69 Å². The lowest BCUT2D eigenvalue weighted by Gasteiger charge is -2.16. The highest BCUT2D eigenvalue weighted by molar-refractivity contribution is 6.44. The molecule has 20 heavy (non-hydrogen) atoms. The van der Waals surface area contributed by atoms with Crippen LogP contribution in [-0.4, -0.2) is 44.5 Å². The van der Waals surface area contributed by atoms with Crippen LogP contribution in [0.4, 0.5) is 5.69 Å². The Labute approximate surface area is 134 Å². The number of rotatable bonds is 7. The van der Waals surface area contributed by atoms with E-state index in [1.807, 2.05) is 19.0 Å². The van der Waals surface area contributed by atoms with Crippen molar-refractivity contribution in [3.8, 4) is 0 Å². The summed E-state index contributed by atoms with van der Waals surface area (Å²) in [6.45, 7) is 2.05. The summed E-state index contributed by atoms with van der Waals surface area (Å²) < 4.78 is 0. The molecule has 7 heteroatoms. The predicted molar refractivity (Wildman–Crippen MR) is 86.1 cm³/mol. The van der Waals surface area contributed by atoms with Crippen LogP contribution < -0.4 is 10.6 Å². The smallest absolute Gasteiger partial charge is 0.238 e. The van der Waals surface area contributed by atoms with Crippen molar-refractivity contribution >= 4 is 46.4 Å². The molecule has 1 aromatic rings. The van der Waals surface area contributed by atoms with E-state index < -0.39 is 0 Å². The van der Waals surface area contributed by atoms with E-state index in [1.54, 1.807) is 6.07 Å². The first-order valence-electron chi connectivity index (χ1n) is 6.21. The summed E-state index contributed by atoms with van der Waals surface area (Å²) in [5, 5.41) is 6.87. The Kier molecular flexibility index (Phi) is 7.62. The average Bonchev–Trinajstić information content (AvgIpc) is 2.36. The van der Waals surface area contributed by atoms with Gasteiger partial charge in [0.2, 0.25) is 5.91 Å². The first-order valence-corrected chi connectivity index (χ1v) is 7.35. The molecule has 0 bridgehead atoms. The van der Waals surface area contributed by atoms with Crippen molar-refractivity contribution in [1.82, 2.24) is 10.2 Å². The van der Waals surface area contributed by atoms with Crippen LogP contribution in [-0.2, 0) is 4.79 Å². The lowest BCUT2D eigenvalue weighted by Crippen LogP contribution is -2.32. The molecule has 0 unspecified atom stereocenters. The van der Waals surface area contributed by atoms with Crippen molar-refractivity contribution in [3.05, 3.63) is 27.2 Å². The van der Waals surface area contributed by atoms with Gasteiger partial charge >= 0.3 is 0 Å². The number of benzene rings is 1. The Hall–Kier alpha value is -0.520. The molecule has 0 saturated carbocycles. The van der Waals surface area contributed by atoms with Gasteiger partial charge in [0.1, 0.15) is 0 Å². The monoisotopic (exact) mass is 337 g/mol. The average molecular weight is 339 g/mol. The lowest BCUT2D eigenvalue weighted by molar-refractivity contribution is -0.117. The number of hydrogen-bond donors (Lipinski definition) is 2. The maximum atomic E-state index is 11.9. The first kappa shape index (κ1) is 17.5. The van der Waals surface area contributed by atoms with E-state index in [0.717, 1.165) is 19.5 Å². The minimum Gasteiger partial charge on any atom is -0.324 e. The molecule has 0 aromatic heterocycles. The van der Waals surface area contributed by atoms with E-state index in [2.05, 4.69) is 10.6 Å². The van der Waals surface area contributed by atoms with E-state index in [-0.39, 0.29) is 5.91 Å². The van der Waals surface area contributed by atoms with Gasteiger partial charge in [0, 0.05) is 0 Å². The van der Waals surface area contributed by atoms with Crippen molar-refractivity contribution in [1.29, 1.82) is 0 Å². The SMILES string of the molecule is CNCCCN(C)CC(=O)Nc1cc(Cl)c(Cl)cc1Cl. The summed E-state index contributed by atoms with van der Waals surface area (Å²) in [5.41, 5.74) is 0.467. The Balaban J connectivity index is 2.52. The molecule has 1 aromatic carbocycles. The Morgan fingerprint density at radius 1 is 1.20 bits per heavy atom. The Morgan fingerprint density at radius 2 is 1.85 bits per heavy atom. The molecule has 2 N–H and O–H groups in total. The number of amides is 1. The van der Waals surface area contributed by atoms with Gasteiger partial charge in [-0.05, 0) is 45.7 Å². The van der Waals surface area contributed by atoms with E-state index >= 15 is 0 Å². The minimum atomic E-state index is -0.141.